The molecule has 0 fully saturated rings. The minimum atomic E-state index is -0.271. The molecule has 1 atom stereocenters. The average molecular weight is 324 g/mol. The Kier molecular flexibility index (Phi) is 7.51. The lowest BCUT2D eigenvalue weighted by molar-refractivity contribution is 0.0310. The zero-order valence-corrected chi connectivity index (χ0v) is 15.6. The molecular weight excluding hydrogens is 292 g/mol. The Morgan fingerprint density at radius 3 is 2.61 bits per heavy atom. The number of rotatable bonds is 8. The molecule has 132 valence electrons. The van der Waals surface area contributed by atoms with E-state index < -0.39 is 0 Å². The maximum atomic E-state index is 5.42. The van der Waals surface area contributed by atoms with Gasteiger partial charge < -0.3 is 20.3 Å². The molecule has 7 nitrogen and oxygen atoms in total. The number of likely N-dealkylation sites (N-methyl/N-ethyl adjacent to an activating group) is 1. The van der Waals surface area contributed by atoms with Crippen LogP contribution in [-0.2, 0) is 11.8 Å². The van der Waals surface area contributed by atoms with Gasteiger partial charge >= 0.3 is 0 Å². The fourth-order valence-electron chi connectivity index (χ4n) is 2.08. The molecule has 0 saturated carbocycles. The molecule has 0 bridgehead atoms. The van der Waals surface area contributed by atoms with Crippen molar-refractivity contribution in [2.75, 3.05) is 40.8 Å². The fraction of sp³-hybridized carbons (Fsp3) is 0.750. The summed E-state index contributed by atoms with van der Waals surface area (Å²) in [7, 11) is 7.78. The van der Waals surface area contributed by atoms with Crippen molar-refractivity contribution in [1.29, 1.82) is 0 Å². The number of methoxy groups -OCH3 is 1. The summed E-state index contributed by atoms with van der Waals surface area (Å²) >= 11 is 0. The molecule has 0 saturated heterocycles. The molecule has 0 aliphatic heterocycles. The highest BCUT2D eigenvalue weighted by molar-refractivity contribution is 5.79. The van der Waals surface area contributed by atoms with E-state index in [0.717, 1.165) is 19.0 Å². The molecule has 1 aromatic rings. The van der Waals surface area contributed by atoms with Gasteiger partial charge in [0.1, 0.15) is 0 Å². The van der Waals surface area contributed by atoms with Crippen molar-refractivity contribution in [2.45, 2.75) is 32.4 Å². The van der Waals surface area contributed by atoms with E-state index in [9.17, 15) is 0 Å². The van der Waals surface area contributed by atoms with E-state index in [-0.39, 0.29) is 11.6 Å². The number of aliphatic imine (C=N–C) groups is 1. The predicted octanol–water partition coefficient (Wildman–Crippen LogP) is 1.00. The van der Waals surface area contributed by atoms with Crippen LogP contribution in [0.1, 0.15) is 32.4 Å². The largest absolute Gasteiger partial charge is 0.377 e. The molecule has 23 heavy (non-hydrogen) atoms. The second-order valence-electron chi connectivity index (χ2n) is 6.47. The van der Waals surface area contributed by atoms with Gasteiger partial charge in [0, 0.05) is 39.0 Å². The lowest BCUT2D eigenvalue weighted by Crippen LogP contribution is -2.42. The van der Waals surface area contributed by atoms with Gasteiger partial charge in [-0.15, -0.1) is 0 Å². The van der Waals surface area contributed by atoms with Gasteiger partial charge in [-0.25, -0.2) is 0 Å². The molecule has 1 aromatic heterocycles. The van der Waals surface area contributed by atoms with Gasteiger partial charge in [0.25, 0.3) is 0 Å². The normalized spacial score (nSPS) is 14.2. The van der Waals surface area contributed by atoms with E-state index in [1.165, 1.54) is 5.56 Å². The summed E-state index contributed by atoms with van der Waals surface area (Å²) in [5.74, 6) is 0.799. The molecule has 2 N–H and O–H groups in total. The van der Waals surface area contributed by atoms with E-state index in [0.29, 0.717) is 6.54 Å². The number of nitrogens with one attached hydrogen (secondary N) is 2. The minimum Gasteiger partial charge on any atom is -0.377 e. The van der Waals surface area contributed by atoms with E-state index >= 15 is 0 Å². The number of hydrogen-bond acceptors (Lipinski definition) is 4. The van der Waals surface area contributed by atoms with Crippen LogP contribution in [0.4, 0.5) is 0 Å². The third-order valence-electron chi connectivity index (χ3n) is 3.71. The maximum absolute atomic E-state index is 5.42. The van der Waals surface area contributed by atoms with Crippen LogP contribution in [0, 0.1) is 0 Å². The van der Waals surface area contributed by atoms with Crippen LogP contribution in [0.15, 0.2) is 17.4 Å². The number of aromatic nitrogens is 2. The van der Waals surface area contributed by atoms with Crippen LogP contribution < -0.4 is 10.6 Å². The lowest BCUT2D eigenvalue weighted by Gasteiger charge is -2.25. The van der Waals surface area contributed by atoms with Crippen molar-refractivity contribution in [1.82, 2.24) is 25.3 Å². The SMILES string of the molecule is CCNC(=NCC(C)(C)OC)NCC(c1cnn(C)c1)N(C)C. The van der Waals surface area contributed by atoms with Crippen LogP contribution in [-0.4, -0.2) is 67.1 Å². The van der Waals surface area contributed by atoms with E-state index in [2.05, 4.69) is 46.6 Å². The molecule has 0 spiro atoms. The first kappa shape index (κ1) is 19.4. The van der Waals surface area contributed by atoms with Crippen molar-refractivity contribution < 1.29 is 4.74 Å². The van der Waals surface area contributed by atoms with Gasteiger partial charge in [-0.05, 0) is 34.9 Å². The van der Waals surface area contributed by atoms with Crippen molar-refractivity contribution in [3.63, 3.8) is 0 Å². The van der Waals surface area contributed by atoms with Crippen LogP contribution in [0.5, 0.6) is 0 Å². The van der Waals surface area contributed by atoms with Gasteiger partial charge in [0.2, 0.25) is 0 Å². The van der Waals surface area contributed by atoms with E-state index in [1.54, 1.807) is 7.11 Å². The first-order valence-corrected chi connectivity index (χ1v) is 8.01. The number of ether oxygens (including phenoxy) is 1. The van der Waals surface area contributed by atoms with Crippen molar-refractivity contribution >= 4 is 5.96 Å². The fourth-order valence-corrected chi connectivity index (χ4v) is 2.08. The van der Waals surface area contributed by atoms with Crippen molar-refractivity contribution in [3.8, 4) is 0 Å². The molecule has 7 heteroatoms. The van der Waals surface area contributed by atoms with Crippen molar-refractivity contribution in [2.24, 2.45) is 12.0 Å². The second-order valence-corrected chi connectivity index (χ2v) is 6.47. The van der Waals surface area contributed by atoms with Gasteiger partial charge in [0.05, 0.1) is 24.4 Å². The summed E-state index contributed by atoms with van der Waals surface area (Å²) in [6.07, 6.45) is 3.95. The smallest absolute Gasteiger partial charge is 0.191 e. The molecule has 1 unspecified atom stereocenters. The molecule has 0 aliphatic carbocycles. The summed E-state index contributed by atoms with van der Waals surface area (Å²) in [6.45, 7) is 8.27. The Bertz CT molecular complexity index is 495. The van der Waals surface area contributed by atoms with Gasteiger partial charge in [-0.1, -0.05) is 0 Å². The van der Waals surface area contributed by atoms with Crippen LogP contribution in [0.3, 0.4) is 0 Å². The minimum absolute atomic E-state index is 0.225. The Hall–Kier alpha value is -1.60. The summed E-state index contributed by atoms with van der Waals surface area (Å²) in [4.78, 5) is 6.79. The summed E-state index contributed by atoms with van der Waals surface area (Å²) in [5, 5.41) is 10.9. The van der Waals surface area contributed by atoms with Crippen molar-refractivity contribution in [3.05, 3.63) is 18.0 Å². The van der Waals surface area contributed by atoms with E-state index in [1.807, 2.05) is 38.0 Å². The first-order chi connectivity index (χ1) is 10.8. The Labute approximate surface area is 140 Å². The number of aryl methyl sites for hydroxylation is 1. The molecule has 0 aliphatic rings. The number of nitrogens with zero attached hydrogens (tertiary/aromatic N) is 4. The zero-order valence-electron chi connectivity index (χ0n) is 15.6. The molecule has 0 aromatic carbocycles. The highest BCUT2D eigenvalue weighted by atomic mass is 16.5. The second kappa shape index (κ2) is 8.88. The maximum Gasteiger partial charge on any atom is 0.191 e. The summed E-state index contributed by atoms with van der Waals surface area (Å²) in [5.41, 5.74) is 0.908. The quantitative estimate of drug-likeness (QED) is 0.552. The number of hydrogen-bond donors (Lipinski definition) is 2. The highest BCUT2D eigenvalue weighted by Crippen LogP contribution is 2.16. The molecule has 1 heterocycles. The molecule has 0 amide bonds. The standard InChI is InChI=1S/C16H32N6O/c1-8-17-15(19-12-16(2,3)23-7)18-10-14(21(4)5)13-9-20-22(6)11-13/h9,11,14H,8,10,12H2,1-7H3,(H2,17,18,19). The number of guanidine groups is 1. The third-order valence-corrected chi connectivity index (χ3v) is 3.71. The van der Waals surface area contributed by atoms with Gasteiger partial charge in [-0.2, -0.15) is 5.10 Å². The Morgan fingerprint density at radius 2 is 2.13 bits per heavy atom. The monoisotopic (exact) mass is 324 g/mol. The van der Waals surface area contributed by atoms with Crippen LogP contribution >= 0.6 is 0 Å². The molecule has 0 radical (unpaired) electrons. The van der Waals surface area contributed by atoms with Gasteiger partial charge in [0.15, 0.2) is 5.96 Å². The van der Waals surface area contributed by atoms with Crippen LogP contribution in [0.25, 0.3) is 0 Å². The zero-order chi connectivity index (χ0) is 17.5. The van der Waals surface area contributed by atoms with Crippen LogP contribution in [0.2, 0.25) is 0 Å². The van der Waals surface area contributed by atoms with E-state index in [4.69, 9.17) is 4.74 Å². The lowest BCUT2D eigenvalue weighted by atomic mass is 10.1. The topological polar surface area (TPSA) is 66.7 Å². The predicted molar refractivity (Wildman–Crippen MR) is 94.7 cm³/mol. The first-order valence-electron chi connectivity index (χ1n) is 8.01. The highest BCUT2D eigenvalue weighted by Gasteiger charge is 2.18. The summed E-state index contributed by atoms with van der Waals surface area (Å²) < 4.78 is 7.25. The third kappa shape index (κ3) is 6.58. The molecular formula is C16H32N6O. The Balaban J connectivity index is 2.73. The average Bonchev–Trinajstić information content (AvgIpc) is 2.91. The van der Waals surface area contributed by atoms with Gasteiger partial charge in [-0.3, -0.25) is 9.67 Å². The molecule has 1 rings (SSSR count). The summed E-state index contributed by atoms with van der Waals surface area (Å²) in [6, 6.07) is 0.225. The Morgan fingerprint density at radius 1 is 1.43 bits per heavy atom.